The van der Waals surface area contributed by atoms with Gasteiger partial charge in [-0.2, -0.15) is 0 Å². The van der Waals surface area contributed by atoms with Gasteiger partial charge in [-0.05, 0) is 45.6 Å². The second kappa shape index (κ2) is 13.0. The van der Waals surface area contributed by atoms with Gasteiger partial charge in [0.2, 0.25) is 17.7 Å². The molecule has 3 aromatic rings. The topological polar surface area (TPSA) is 130 Å². The van der Waals surface area contributed by atoms with Gasteiger partial charge in [0, 0.05) is 32.3 Å². The first-order valence-corrected chi connectivity index (χ1v) is 14.9. The van der Waals surface area contributed by atoms with Crippen LogP contribution in [0.25, 0.3) is 21.6 Å². The van der Waals surface area contributed by atoms with E-state index in [0.717, 1.165) is 39.5 Å². The van der Waals surface area contributed by atoms with Gasteiger partial charge in [-0.3, -0.25) is 14.4 Å². The summed E-state index contributed by atoms with van der Waals surface area (Å²) in [5.74, 6) is -0.467. The van der Waals surface area contributed by atoms with Crippen molar-refractivity contribution in [3.63, 3.8) is 0 Å². The van der Waals surface area contributed by atoms with E-state index in [2.05, 4.69) is 20.6 Å². The highest BCUT2D eigenvalue weighted by atomic mass is 32.1. The largest absolute Gasteiger partial charge is 0.375 e. The molecule has 1 aromatic carbocycles. The van der Waals surface area contributed by atoms with E-state index < -0.39 is 12.1 Å². The van der Waals surface area contributed by atoms with E-state index in [1.807, 2.05) is 35.2 Å². The first-order chi connectivity index (χ1) is 19.9. The van der Waals surface area contributed by atoms with Crippen molar-refractivity contribution < 1.29 is 19.1 Å². The molecule has 0 spiro atoms. The van der Waals surface area contributed by atoms with Gasteiger partial charge in [0.05, 0.1) is 12.1 Å². The highest BCUT2D eigenvalue weighted by Crippen LogP contribution is 2.39. The third-order valence-electron chi connectivity index (χ3n) is 8.10. The molecule has 3 amide bonds. The molecule has 3 atom stereocenters. The number of aromatic nitrogens is 3. The number of ether oxygens (including phenoxy) is 1. The Labute approximate surface area is 243 Å². The molecule has 5 rings (SSSR count). The highest BCUT2D eigenvalue weighted by Gasteiger charge is 2.41. The maximum absolute atomic E-state index is 14.2. The van der Waals surface area contributed by atoms with Crippen LogP contribution in [-0.4, -0.2) is 95.0 Å². The summed E-state index contributed by atoms with van der Waals surface area (Å²) in [7, 11) is 3.22. The van der Waals surface area contributed by atoms with Gasteiger partial charge in [0.15, 0.2) is 0 Å². The minimum atomic E-state index is -0.687. The normalized spacial score (nSPS) is 19.3. The third kappa shape index (κ3) is 6.24. The number of benzene rings is 1. The van der Waals surface area contributed by atoms with Crippen molar-refractivity contribution in [3.05, 3.63) is 41.7 Å². The molecule has 0 aliphatic carbocycles. The predicted molar refractivity (Wildman–Crippen MR) is 156 cm³/mol. The zero-order valence-corrected chi connectivity index (χ0v) is 24.5. The van der Waals surface area contributed by atoms with Gasteiger partial charge >= 0.3 is 0 Å². The molecule has 0 radical (unpaired) electrons. The second-order valence-corrected chi connectivity index (χ2v) is 11.6. The lowest BCUT2D eigenvalue weighted by molar-refractivity contribution is -0.141. The summed E-state index contributed by atoms with van der Waals surface area (Å²) in [6.45, 7) is 3.45. The van der Waals surface area contributed by atoms with Crippen LogP contribution in [0.5, 0.6) is 0 Å². The zero-order chi connectivity index (χ0) is 28.9. The molecule has 41 heavy (non-hydrogen) atoms. The molecule has 0 bridgehead atoms. The maximum atomic E-state index is 14.2. The van der Waals surface area contributed by atoms with Crippen molar-refractivity contribution >= 4 is 39.4 Å². The minimum Gasteiger partial charge on any atom is -0.375 e. The van der Waals surface area contributed by atoms with Crippen LogP contribution in [-0.2, 0) is 19.1 Å². The second-order valence-electron chi connectivity index (χ2n) is 10.6. The van der Waals surface area contributed by atoms with E-state index in [1.54, 1.807) is 25.2 Å². The van der Waals surface area contributed by atoms with Crippen molar-refractivity contribution in [2.24, 2.45) is 5.92 Å². The van der Waals surface area contributed by atoms with Crippen LogP contribution >= 0.6 is 11.3 Å². The number of rotatable bonds is 9. The monoisotopic (exact) mass is 579 g/mol. The Morgan fingerprint density at radius 3 is 2.56 bits per heavy atom. The van der Waals surface area contributed by atoms with E-state index in [4.69, 9.17) is 9.72 Å². The number of nitrogens with zero attached hydrogens (tertiary/aromatic N) is 5. The molecule has 4 heterocycles. The number of amides is 3. The first-order valence-electron chi connectivity index (χ1n) is 14.1. The molecular formula is C29H37N7O4S. The predicted octanol–water partition coefficient (Wildman–Crippen LogP) is 2.39. The van der Waals surface area contributed by atoms with Gasteiger partial charge in [-0.15, -0.1) is 0 Å². The van der Waals surface area contributed by atoms with Gasteiger partial charge in [-0.1, -0.05) is 41.7 Å². The fraction of sp³-hybridized carbons (Fsp3) is 0.517. The minimum absolute atomic E-state index is 0.0391. The summed E-state index contributed by atoms with van der Waals surface area (Å²) in [4.78, 5) is 58.0. The molecule has 2 aliphatic rings. The Morgan fingerprint density at radius 1 is 1.10 bits per heavy atom. The lowest BCUT2D eigenvalue weighted by atomic mass is 9.88. The summed E-state index contributed by atoms with van der Waals surface area (Å²) in [5.41, 5.74) is 2.47. The van der Waals surface area contributed by atoms with E-state index in [1.165, 1.54) is 18.4 Å². The number of hydrogen-bond donors (Lipinski definition) is 2. The Kier molecular flexibility index (Phi) is 9.21. The van der Waals surface area contributed by atoms with Crippen LogP contribution in [0.4, 0.5) is 0 Å². The van der Waals surface area contributed by atoms with Crippen LogP contribution < -0.4 is 10.6 Å². The Bertz CT molecular complexity index is 1380. The van der Waals surface area contributed by atoms with Crippen LogP contribution in [0.1, 0.15) is 43.7 Å². The Balaban J connectivity index is 1.39. The van der Waals surface area contributed by atoms with E-state index in [0.29, 0.717) is 32.5 Å². The molecule has 0 unspecified atom stereocenters. The molecule has 218 valence electrons. The van der Waals surface area contributed by atoms with Crippen LogP contribution in [0, 0.1) is 5.92 Å². The summed E-state index contributed by atoms with van der Waals surface area (Å²) in [6, 6.07) is 8.57. The number of carbonyl (C=O) groups is 3. The van der Waals surface area contributed by atoms with Crippen LogP contribution in [0.2, 0.25) is 0 Å². The lowest BCUT2D eigenvalue weighted by Gasteiger charge is -2.38. The van der Waals surface area contributed by atoms with Gasteiger partial charge < -0.3 is 25.2 Å². The van der Waals surface area contributed by atoms with E-state index >= 15 is 0 Å². The number of likely N-dealkylation sites (N-methyl/N-ethyl adjacent to an activating group) is 1. The highest BCUT2D eigenvalue weighted by molar-refractivity contribution is 7.18. The molecule has 2 N–H and O–H groups in total. The number of nitrogens with one attached hydrogen (secondary N) is 2. The average Bonchev–Trinajstić information content (AvgIpc) is 3.67. The van der Waals surface area contributed by atoms with E-state index in [-0.39, 0.29) is 36.3 Å². The molecular weight excluding hydrogens is 542 g/mol. The number of likely N-dealkylation sites (tertiary alicyclic amines) is 2. The van der Waals surface area contributed by atoms with Gasteiger partial charge in [-0.25, -0.2) is 15.0 Å². The van der Waals surface area contributed by atoms with Crippen LogP contribution in [0.3, 0.4) is 0 Å². The summed E-state index contributed by atoms with van der Waals surface area (Å²) in [6.07, 6.45) is 4.44. The Hall–Kier alpha value is -3.48. The molecule has 2 aromatic heterocycles. The SMILES string of the molecule is CN[C@@H](C)C(=O)N[C@H](C(=O)N1CCC[C@H]1c1nc2c(-c3ccccc3)ncnc2s1)C1CCN(C(=O)COC)CC1. The molecule has 11 nitrogen and oxygen atoms in total. The first kappa shape index (κ1) is 29.0. The number of thiazole rings is 1. The molecule has 2 fully saturated rings. The summed E-state index contributed by atoms with van der Waals surface area (Å²) >= 11 is 1.49. The number of fused-ring (bicyclic) bond motifs is 1. The Morgan fingerprint density at radius 2 is 1.85 bits per heavy atom. The van der Waals surface area contributed by atoms with Gasteiger partial charge in [0.25, 0.3) is 0 Å². The summed E-state index contributed by atoms with van der Waals surface area (Å²) < 4.78 is 5.01. The fourth-order valence-electron chi connectivity index (χ4n) is 5.67. The van der Waals surface area contributed by atoms with Crippen molar-refractivity contribution in [1.29, 1.82) is 0 Å². The van der Waals surface area contributed by atoms with Crippen LogP contribution in [0.15, 0.2) is 36.7 Å². The van der Waals surface area contributed by atoms with Crippen molar-refractivity contribution in [2.45, 2.75) is 50.7 Å². The fourth-order valence-corrected chi connectivity index (χ4v) is 6.73. The van der Waals surface area contributed by atoms with Gasteiger partial charge in [0.1, 0.15) is 40.0 Å². The number of methoxy groups -OCH3 is 1. The maximum Gasteiger partial charge on any atom is 0.248 e. The number of carbonyl (C=O) groups excluding carboxylic acids is 3. The quantitative estimate of drug-likeness (QED) is 0.395. The van der Waals surface area contributed by atoms with Crippen molar-refractivity contribution in [2.75, 3.05) is 40.4 Å². The molecule has 2 aliphatic heterocycles. The van der Waals surface area contributed by atoms with Crippen molar-refractivity contribution in [3.8, 4) is 11.3 Å². The molecule has 12 heteroatoms. The smallest absolute Gasteiger partial charge is 0.248 e. The molecule has 2 saturated heterocycles. The average molecular weight is 580 g/mol. The van der Waals surface area contributed by atoms with Crippen molar-refractivity contribution in [1.82, 2.24) is 35.4 Å². The number of hydrogen-bond acceptors (Lipinski definition) is 9. The zero-order valence-electron chi connectivity index (χ0n) is 23.7. The van der Waals surface area contributed by atoms with E-state index in [9.17, 15) is 14.4 Å². The summed E-state index contributed by atoms with van der Waals surface area (Å²) in [5, 5.41) is 6.84. The standard InChI is InChI=1S/C29H37N7O4S/c1-18(30-2)26(38)33-24(20-11-14-35(15-12-20)22(37)16-40-3)29(39)36-13-7-10-21(36)27-34-25-23(19-8-5-4-6-9-19)31-17-32-28(25)41-27/h4-6,8-9,17-18,20-21,24,30H,7,10-16H2,1-3H3,(H,33,38)/t18-,21-,24-/m0/s1. The lowest BCUT2D eigenvalue weighted by Crippen LogP contribution is -2.57. The molecule has 0 saturated carbocycles. The third-order valence-corrected chi connectivity index (χ3v) is 9.17. The number of piperidine rings is 1.